The monoisotopic (exact) mass is 652 g/mol. The van der Waals surface area contributed by atoms with E-state index in [9.17, 15) is 19.0 Å². The molecule has 0 aromatic rings. The zero-order valence-electron chi connectivity index (χ0n) is 28.2. The Morgan fingerprint density at radius 3 is 1.78 bits per heavy atom. The molecule has 0 aliphatic rings. The molecule has 1 N–H and O–H groups in total. The van der Waals surface area contributed by atoms with Crippen molar-refractivity contribution < 1.29 is 37.6 Å². The van der Waals surface area contributed by atoms with Gasteiger partial charge >= 0.3 is 19.8 Å². The molecule has 8 nitrogen and oxygen atoms in total. The van der Waals surface area contributed by atoms with E-state index >= 15 is 0 Å². The highest BCUT2D eigenvalue weighted by Crippen LogP contribution is 2.42. The van der Waals surface area contributed by atoms with Gasteiger partial charge in [-0.25, -0.2) is 4.57 Å². The van der Waals surface area contributed by atoms with Crippen molar-refractivity contribution in [2.75, 3.05) is 20.3 Å². The van der Waals surface area contributed by atoms with Crippen LogP contribution in [0.15, 0.2) is 60.8 Å². The third-order valence-corrected chi connectivity index (χ3v) is 7.70. The smallest absolute Gasteiger partial charge is 0.462 e. The maximum Gasteiger partial charge on any atom is 0.472 e. The van der Waals surface area contributed by atoms with E-state index in [1.807, 2.05) is 12.2 Å². The van der Waals surface area contributed by atoms with Crippen LogP contribution in [0.5, 0.6) is 0 Å². The first-order valence-electron chi connectivity index (χ1n) is 17.0. The van der Waals surface area contributed by atoms with E-state index in [1.54, 1.807) is 0 Å². The average molecular weight is 653 g/mol. The molecule has 2 atom stereocenters. The van der Waals surface area contributed by atoms with Gasteiger partial charge in [-0.15, -0.1) is 0 Å². The van der Waals surface area contributed by atoms with Gasteiger partial charge in [0, 0.05) is 20.0 Å². The van der Waals surface area contributed by atoms with Gasteiger partial charge in [0.25, 0.3) is 0 Å². The number of carbonyl (C=O) groups excluding carboxylic acids is 2. The van der Waals surface area contributed by atoms with Crippen molar-refractivity contribution >= 4 is 19.8 Å². The SMILES string of the molecule is CC/C=C\C/C=C\C/C=C\C/C=C\CCC(=O)OC(COC(=O)CCCCCCC/C=C\CCCCCC)COP(=O)(O)OC. The maximum atomic E-state index is 12.4. The largest absolute Gasteiger partial charge is 0.472 e. The van der Waals surface area contributed by atoms with Crippen LogP contribution in [-0.2, 0) is 32.7 Å². The van der Waals surface area contributed by atoms with Gasteiger partial charge in [0.1, 0.15) is 6.61 Å². The molecule has 0 amide bonds. The van der Waals surface area contributed by atoms with Crippen molar-refractivity contribution in [2.24, 2.45) is 0 Å². The van der Waals surface area contributed by atoms with E-state index in [1.165, 1.54) is 32.1 Å². The molecule has 0 bridgehead atoms. The van der Waals surface area contributed by atoms with Gasteiger partial charge in [-0.1, -0.05) is 113 Å². The second-order valence-corrected chi connectivity index (χ2v) is 12.5. The average Bonchev–Trinajstić information content (AvgIpc) is 3.03. The molecule has 0 radical (unpaired) electrons. The van der Waals surface area contributed by atoms with E-state index in [2.05, 4.69) is 67.0 Å². The van der Waals surface area contributed by atoms with E-state index in [0.29, 0.717) is 6.42 Å². The van der Waals surface area contributed by atoms with Crippen LogP contribution in [0.4, 0.5) is 0 Å². The molecule has 0 rings (SSSR count). The zero-order valence-corrected chi connectivity index (χ0v) is 29.1. The summed E-state index contributed by atoms with van der Waals surface area (Å²) < 4.78 is 31.7. The molecular formula is C36H61O8P. The summed E-state index contributed by atoms with van der Waals surface area (Å²) >= 11 is 0. The second kappa shape index (κ2) is 31.7. The molecule has 9 heteroatoms. The molecule has 2 unspecified atom stereocenters. The molecule has 0 heterocycles. The lowest BCUT2D eigenvalue weighted by atomic mass is 10.1. The highest BCUT2D eigenvalue weighted by atomic mass is 31.2. The van der Waals surface area contributed by atoms with Crippen LogP contribution >= 0.6 is 7.82 Å². The Morgan fingerprint density at radius 1 is 0.644 bits per heavy atom. The number of phosphoric ester groups is 1. The van der Waals surface area contributed by atoms with Crippen LogP contribution in [0.2, 0.25) is 0 Å². The van der Waals surface area contributed by atoms with Gasteiger partial charge in [0.2, 0.25) is 0 Å². The van der Waals surface area contributed by atoms with Crippen molar-refractivity contribution in [1.29, 1.82) is 0 Å². The Hall–Kier alpha value is -2.25. The summed E-state index contributed by atoms with van der Waals surface area (Å²) in [4.78, 5) is 34.1. The number of hydrogen-bond donors (Lipinski definition) is 1. The van der Waals surface area contributed by atoms with Crippen molar-refractivity contribution in [3.63, 3.8) is 0 Å². The van der Waals surface area contributed by atoms with Gasteiger partial charge in [0.15, 0.2) is 6.10 Å². The molecule has 0 aliphatic heterocycles. The fraction of sp³-hybridized carbons (Fsp3) is 0.667. The Kier molecular flexibility index (Phi) is 30.1. The summed E-state index contributed by atoms with van der Waals surface area (Å²) in [5.41, 5.74) is 0. The maximum absolute atomic E-state index is 12.4. The number of carbonyl (C=O) groups is 2. The fourth-order valence-electron chi connectivity index (χ4n) is 4.13. The molecule has 0 fully saturated rings. The van der Waals surface area contributed by atoms with Crippen LogP contribution in [0.1, 0.15) is 129 Å². The number of esters is 2. The predicted octanol–water partition coefficient (Wildman–Crippen LogP) is 10.0. The minimum Gasteiger partial charge on any atom is -0.462 e. The zero-order chi connectivity index (χ0) is 33.3. The molecule has 45 heavy (non-hydrogen) atoms. The predicted molar refractivity (Wildman–Crippen MR) is 184 cm³/mol. The van der Waals surface area contributed by atoms with Crippen molar-refractivity contribution in [3.05, 3.63) is 60.8 Å². The van der Waals surface area contributed by atoms with E-state index in [0.717, 1.165) is 71.3 Å². The van der Waals surface area contributed by atoms with Gasteiger partial charge in [-0.3, -0.25) is 18.6 Å². The minimum absolute atomic E-state index is 0.120. The summed E-state index contributed by atoms with van der Waals surface area (Å²) in [6, 6.07) is 0. The molecule has 0 aliphatic carbocycles. The quantitative estimate of drug-likeness (QED) is 0.0353. The number of ether oxygens (including phenoxy) is 2. The van der Waals surface area contributed by atoms with Gasteiger partial charge < -0.3 is 14.4 Å². The summed E-state index contributed by atoms with van der Waals surface area (Å²) in [5.74, 6) is -0.917. The van der Waals surface area contributed by atoms with Gasteiger partial charge in [-0.05, 0) is 64.2 Å². The standard InChI is InChI=1S/C36H61O8P/c1-4-6-8-10-12-14-16-18-20-22-24-26-28-30-35(37)42-32-34(33-43-45(39,40)41-3)44-36(38)31-29-27-25-23-21-19-17-15-13-11-9-7-5-2/h7,9,13-16,19,21,25,27,34H,4-6,8,10-12,17-18,20,22-24,26,28-33H2,1-3H3,(H,39,40)/b9-7-,15-13-,16-14-,21-19-,27-25-. The third-order valence-electron chi connectivity index (χ3n) is 6.76. The molecule has 0 saturated carbocycles. The third kappa shape index (κ3) is 31.5. The molecule has 0 saturated heterocycles. The summed E-state index contributed by atoms with van der Waals surface area (Å²) in [7, 11) is -3.23. The highest BCUT2D eigenvalue weighted by Gasteiger charge is 2.24. The van der Waals surface area contributed by atoms with Crippen LogP contribution in [-0.4, -0.2) is 43.3 Å². The molecule has 258 valence electrons. The summed E-state index contributed by atoms with van der Waals surface area (Å²) in [5, 5.41) is 0. The highest BCUT2D eigenvalue weighted by molar-refractivity contribution is 7.47. The van der Waals surface area contributed by atoms with Crippen molar-refractivity contribution in [1.82, 2.24) is 0 Å². The van der Waals surface area contributed by atoms with E-state index in [-0.39, 0.29) is 19.4 Å². The molecule has 0 aromatic heterocycles. The lowest BCUT2D eigenvalue weighted by Crippen LogP contribution is -2.29. The van der Waals surface area contributed by atoms with E-state index in [4.69, 9.17) is 14.0 Å². The molecule has 0 aromatic carbocycles. The van der Waals surface area contributed by atoms with Crippen LogP contribution < -0.4 is 0 Å². The minimum atomic E-state index is -4.27. The van der Waals surface area contributed by atoms with Gasteiger partial charge in [-0.2, -0.15) is 0 Å². The van der Waals surface area contributed by atoms with Crippen LogP contribution in [0, 0.1) is 0 Å². The second-order valence-electron chi connectivity index (χ2n) is 10.9. The van der Waals surface area contributed by atoms with Crippen molar-refractivity contribution in [3.8, 4) is 0 Å². The number of hydrogen-bond acceptors (Lipinski definition) is 7. The van der Waals surface area contributed by atoms with E-state index < -0.39 is 32.5 Å². The topological polar surface area (TPSA) is 108 Å². The first-order valence-corrected chi connectivity index (χ1v) is 18.5. The van der Waals surface area contributed by atoms with Gasteiger partial charge in [0.05, 0.1) is 6.61 Å². The van der Waals surface area contributed by atoms with Crippen LogP contribution in [0.25, 0.3) is 0 Å². The number of rotatable bonds is 30. The number of phosphoric acid groups is 1. The number of unbranched alkanes of at least 4 members (excludes halogenated alkanes) is 9. The first-order chi connectivity index (χ1) is 21.8. The normalized spacial score (nSPS) is 14.3. The van der Waals surface area contributed by atoms with Crippen LogP contribution in [0.3, 0.4) is 0 Å². The first kappa shape index (κ1) is 42.8. The molecular weight excluding hydrogens is 591 g/mol. The summed E-state index contributed by atoms with van der Waals surface area (Å²) in [6.45, 7) is 3.65. The van der Waals surface area contributed by atoms with Crippen molar-refractivity contribution in [2.45, 2.75) is 136 Å². The summed E-state index contributed by atoms with van der Waals surface area (Å²) in [6.07, 6.45) is 37.2. The lowest BCUT2D eigenvalue weighted by Gasteiger charge is -2.19. The lowest BCUT2D eigenvalue weighted by molar-refractivity contribution is -0.161. The Balaban J connectivity index is 4.26. The Bertz CT molecular complexity index is 922. The fourth-order valence-corrected chi connectivity index (χ4v) is 4.59. The molecule has 0 spiro atoms. The Labute approximate surface area is 273 Å². The number of allylic oxidation sites excluding steroid dienone is 10. The Morgan fingerprint density at radius 2 is 1.18 bits per heavy atom.